The third-order valence-corrected chi connectivity index (χ3v) is 3.86. The number of carboxylic acid groups (broad SMARTS) is 1. The predicted molar refractivity (Wildman–Crippen MR) is 79.2 cm³/mol. The summed E-state index contributed by atoms with van der Waals surface area (Å²) in [5, 5.41) is 11.1. The van der Waals surface area contributed by atoms with Crippen molar-refractivity contribution in [3.8, 4) is 5.75 Å². The molecule has 0 aromatic heterocycles. The summed E-state index contributed by atoms with van der Waals surface area (Å²) in [7, 11) is 0. The molecule has 1 rings (SSSR count). The van der Waals surface area contributed by atoms with E-state index in [1.165, 1.54) is 23.9 Å². The lowest BCUT2D eigenvalue weighted by molar-refractivity contribution is -0.274. The number of carboxylic acids is 1. The normalized spacial score (nSPS) is 14.0. The van der Waals surface area contributed by atoms with E-state index in [0.29, 0.717) is 5.56 Å². The number of ether oxygens (including phenoxy) is 1. The zero-order chi connectivity index (χ0) is 17.6. The van der Waals surface area contributed by atoms with Crippen LogP contribution in [-0.4, -0.2) is 34.9 Å². The number of benzene rings is 1. The molecule has 5 nitrogen and oxygen atoms in total. The van der Waals surface area contributed by atoms with Gasteiger partial charge in [0.2, 0.25) is 5.91 Å². The minimum absolute atomic E-state index is 0.348. The zero-order valence-corrected chi connectivity index (χ0v) is 13.2. The fourth-order valence-corrected chi connectivity index (χ4v) is 2.01. The Labute approximate surface area is 135 Å². The highest BCUT2D eigenvalue weighted by molar-refractivity contribution is 7.99. The largest absolute Gasteiger partial charge is 0.573 e. The van der Waals surface area contributed by atoms with Gasteiger partial charge in [-0.1, -0.05) is 12.1 Å². The van der Waals surface area contributed by atoms with E-state index in [1.54, 1.807) is 13.2 Å². The second kappa shape index (κ2) is 8.09. The molecule has 128 valence electrons. The van der Waals surface area contributed by atoms with E-state index in [9.17, 15) is 22.8 Å². The summed E-state index contributed by atoms with van der Waals surface area (Å²) >= 11 is 1.29. The topological polar surface area (TPSA) is 75.6 Å². The van der Waals surface area contributed by atoms with Crippen LogP contribution >= 0.6 is 11.8 Å². The Morgan fingerprint density at radius 1 is 1.30 bits per heavy atom. The van der Waals surface area contributed by atoms with Crippen LogP contribution in [0.15, 0.2) is 24.3 Å². The van der Waals surface area contributed by atoms with Gasteiger partial charge in [0.1, 0.15) is 5.75 Å². The van der Waals surface area contributed by atoms with Gasteiger partial charge in [-0.2, -0.15) is 11.8 Å². The van der Waals surface area contributed by atoms with Crippen molar-refractivity contribution in [3.63, 3.8) is 0 Å². The van der Waals surface area contributed by atoms with Crippen LogP contribution in [0.4, 0.5) is 13.2 Å². The molecule has 0 heterocycles. The third kappa shape index (κ3) is 6.81. The lowest BCUT2D eigenvalue weighted by Crippen LogP contribution is -2.35. The molecular formula is C14H16F3NO4S. The van der Waals surface area contributed by atoms with Crippen molar-refractivity contribution >= 4 is 23.6 Å². The van der Waals surface area contributed by atoms with Gasteiger partial charge in [-0.15, -0.1) is 13.2 Å². The molecule has 0 bridgehead atoms. The van der Waals surface area contributed by atoms with Gasteiger partial charge in [-0.25, -0.2) is 0 Å². The Kier molecular flexibility index (Phi) is 6.74. The molecule has 1 aromatic rings. The number of thioether (sulfide) groups is 1. The van der Waals surface area contributed by atoms with Gasteiger partial charge in [-0.05, 0) is 30.9 Å². The quantitative estimate of drug-likeness (QED) is 0.790. The molecule has 0 fully saturated rings. The van der Waals surface area contributed by atoms with Gasteiger partial charge >= 0.3 is 12.3 Å². The molecule has 0 radical (unpaired) electrons. The maximum Gasteiger partial charge on any atom is 0.573 e. The van der Waals surface area contributed by atoms with E-state index in [4.69, 9.17) is 5.11 Å². The minimum Gasteiger partial charge on any atom is -0.481 e. The van der Waals surface area contributed by atoms with E-state index in [1.807, 2.05) is 0 Å². The molecule has 9 heteroatoms. The van der Waals surface area contributed by atoms with Crippen molar-refractivity contribution in [2.75, 3.05) is 6.26 Å². The first kappa shape index (κ1) is 19.1. The number of carbonyl (C=O) groups is 2. The van der Waals surface area contributed by atoms with Gasteiger partial charge in [-0.3, -0.25) is 9.59 Å². The maximum absolute atomic E-state index is 12.1. The molecule has 0 spiro atoms. The second-order valence-corrected chi connectivity index (χ2v) is 5.83. The fraction of sp³-hybridized carbons (Fsp3) is 0.429. The van der Waals surface area contributed by atoms with E-state index >= 15 is 0 Å². The second-order valence-electron chi connectivity index (χ2n) is 4.65. The van der Waals surface area contributed by atoms with E-state index in [2.05, 4.69) is 10.1 Å². The summed E-state index contributed by atoms with van der Waals surface area (Å²) in [6.07, 6.45) is -3.45. The van der Waals surface area contributed by atoms with Crippen LogP contribution in [-0.2, 0) is 9.59 Å². The highest BCUT2D eigenvalue weighted by atomic mass is 32.2. The van der Waals surface area contributed by atoms with Gasteiger partial charge in [0, 0.05) is 0 Å². The van der Waals surface area contributed by atoms with Crippen molar-refractivity contribution in [2.45, 2.75) is 31.0 Å². The SMILES string of the molecule is CSC(C)C(=O)NC(CC(=O)O)c1ccc(OC(F)(F)F)cc1. The Bertz CT molecular complexity index is 548. The van der Waals surface area contributed by atoms with Crippen LogP contribution in [0.2, 0.25) is 0 Å². The molecular weight excluding hydrogens is 335 g/mol. The molecule has 23 heavy (non-hydrogen) atoms. The van der Waals surface area contributed by atoms with Crippen LogP contribution in [0.1, 0.15) is 24.9 Å². The summed E-state index contributed by atoms with van der Waals surface area (Å²) in [6, 6.07) is 3.88. The first-order valence-corrected chi connectivity index (χ1v) is 7.82. The van der Waals surface area contributed by atoms with Crippen molar-refractivity contribution in [2.24, 2.45) is 0 Å². The van der Waals surface area contributed by atoms with Crippen LogP contribution in [0.3, 0.4) is 0 Å². The number of hydrogen-bond donors (Lipinski definition) is 2. The first-order valence-electron chi connectivity index (χ1n) is 6.53. The van der Waals surface area contributed by atoms with Crippen LogP contribution in [0.25, 0.3) is 0 Å². The van der Waals surface area contributed by atoms with Gasteiger partial charge in [0.25, 0.3) is 0 Å². The summed E-state index contributed by atoms with van der Waals surface area (Å²) < 4.78 is 40.1. The molecule has 0 aliphatic carbocycles. The van der Waals surface area contributed by atoms with E-state index < -0.39 is 24.1 Å². The summed E-state index contributed by atoms with van der Waals surface area (Å²) in [5.41, 5.74) is 0.378. The maximum atomic E-state index is 12.1. The van der Waals surface area contributed by atoms with Gasteiger partial charge in [0.15, 0.2) is 0 Å². The molecule has 0 saturated carbocycles. The predicted octanol–water partition coefficient (Wildman–Crippen LogP) is 2.97. The standard InChI is InChI=1S/C14H16F3NO4S/c1-8(23-2)13(21)18-11(7-12(19)20)9-3-5-10(6-4-9)22-14(15,16)17/h3-6,8,11H,7H2,1-2H3,(H,18,21)(H,19,20). The van der Waals surface area contributed by atoms with Crippen molar-refractivity contribution in [3.05, 3.63) is 29.8 Å². The number of carbonyl (C=O) groups excluding carboxylic acids is 1. The van der Waals surface area contributed by atoms with Gasteiger partial charge in [0.05, 0.1) is 17.7 Å². The highest BCUT2D eigenvalue weighted by Crippen LogP contribution is 2.25. The average Bonchev–Trinajstić information content (AvgIpc) is 2.44. The average molecular weight is 351 g/mol. The van der Waals surface area contributed by atoms with Crippen molar-refractivity contribution in [1.82, 2.24) is 5.32 Å². The molecule has 2 unspecified atom stereocenters. The Hall–Kier alpha value is -1.90. The van der Waals surface area contributed by atoms with Crippen LogP contribution in [0, 0.1) is 0 Å². The lowest BCUT2D eigenvalue weighted by atomic mass is 10.0. The monoisotopic (exact) mass is 351 g/mol. The van der Waals surface area contributed by atoms with Crippen LogP contribution < -0.4 is 10.1 Å². The van der Waals surface area contributed by atoms with E-state index in [0.717, 1.165) is 12.1 Å². The number of rotatable bonds is 7. The van der Waals surface area contributed by atoms with Gasteiger partial charge < -0.3 is 15.2 Å². The molecule has 1 aromatic carbocycles. The fourth-order valence-electron chi connectivity index (χ4n) is 1.72. The Morgan fingerprint density at radius 3 is 2.30 bits per heavy atom. The first-order chi connectivity index (χ1) is 10.6. The number of alkyl halides is 3. The number of aliphatic carboxylic acids is 1. The molecule has 0 saturated heterocycles. The van der Waals surface area contributed by atoms with Crippen LogP contribution in [0.5, 0.6) is 5.75 Å². The zero-order valence-electron chi connectivity index (χ0n) is 12.4. The minimum atomic E-state index is -4.80. The Morgan fingerprint density at radius 2 is 1.87 bits per heavy atom. The van der Waals surface area contributed by atoms with E-state index in [-0.39, 0.29) is 17.6 Å². The van der Waals surface area contributed by atoms with Crippen molar-refractivity contribution < 1.29 is 32.6 Å². The molecule has 1 amide bonds. The number of hydrogen-bond acceptors (Lipinski definition) is 4. The third-order valence-electron chi connectivity index (χ3n) is 2.93. The Balaban J connectivity index is 2.90. The molecule has 0 aliphatic heterocycles. The molecule has 2 N–H and O–H groups in total. The number of halogens is 3. The van der Waals surface area contributed by atoms with Crippen molar-refractivity contribution in [1.29, 1.82) is 0 Å². The highest BCUT2D eigenvalue weighted by Gasteiger charge is 2.31. The molecule has 2 atom stereocenters. The number of amides is 1. The summed E-state index contributed by atoms with van der Waals surface area (Å²) in [6.45, 7) is 1.66. The smallest absolute Gasteiger partial charge is 0.481 e. The molecule has 0 aliphatic rings. The number of nitrogens with one attached hydrogen (secondary N) is 1. The summed E-state index contributed by atoms with van der Waals surface area (Å²) in [4.78, 5) is 22.8. The lowest BCUT2D eigenvalue weighted by Gasteiger charge is -2.20. The summed E-state index contributed by atoms with van der Waals surface area (Å²) in [5.74, 6) is -1.90.